The fourth-order valence-electron chi connectivity index (χ4n) is 3.38. The van der Waals surface area contributed by atoms with Crippen LogP contribution in [0.15, 0.2) is 24.3 Å². The Balaban J connectivity index is 1.59. The summed E-state index contributed by atoms with van der Waals surface area (Å²) in [5, 5.41) is 0. The van der Waals surface area contributed by atoms with Crippen LogP contribution in [0.5, 0.6) is 0 Å². The molecule has 2 heterocycles. The van der Waals surface area contributed by atoms with Crippen LogP contribution in [0.2, 0.25) is 0 Å². The lowest BCUT2D eigenvalue weighted by molar-refractivity contribution is -0.120. The zero-order valence-electron chi connectivity index (χ0n) is 13.1. The van der Waals surface area contributed by atoms with Gasteiger partial charge in [-0.15, -0.1) is 0 Å². The molecule has 0 radical (unpaired) electrons. The van der Waals surface area contributed by atoms with Gasteiger partial charge < -0.3 is 9.64 Å². The molecule has 2 aliphatic rings. The van der Waals surface area contributed by atoms with Crippen molar-refractivity contribution in [1.82, 2.24) is 9.80 Å². The van der Waals surface area contributed by atoms with Crippen LogP contribution in [0.3, 0.4) is 0 Å². The molecule has 1 saturated heterocycles. The summed E-state index contributed by atoms with van der Waals surface area (Å²) in [6.45, 7) is 3.51. The minimum Gasteiger partial charge on any atom is -0.445 e. The van der Waals surface area contributed by atoms with Crippen molar-refractivity contribution in [2.75, 3.05) is 20.1 Å². The molecule has 2 atom stereocenters. The summed E-state index contributed by atoms with van der Waals surface area (Å²) in [7, 11) is 1.90. The molecule has 0 aliphatic carbocycles. The molecular formula is C17H22N2O3. The van der Waals surface area contributed by atoms with Gasteiger partial charge in [0.25, 0.3) is 0 Å². The van der Waals surface area contributed by atoms with Crippen LogP contribution in [-0.4, -0.2) is 54.0 Å². The number of likely N-dealkylation sites (N-methyl/N-ethyl adjacent to an activating group) is 1. The zero-order valence-corrected chi connectivity index (χ0v) is 13.1. The number of benzene rings is 1. The molecule has 5 heteroatoms. The van der Waals surface area contributed by atoms with E-state index in [9.17, 15) is 9.59 Å². The van der Waals surface area contributed by atoms with E-state index in [1.165, 1.54) is 11.1 Å². The first-order valence-electron chi connectivity index (χ1n) is 7.77. The fraction of sp³-hybridized carbons (Fsp3) is 0.529. The number of Topliss-reactive ketones (excluding diaryl/α,β-unsaturated/α-hetero) is 1. The Kier molecular flexibility index (Phi) is 4.16. The Bertz CT molecular complexity index is 587. The third-order valence-electron chi connectivity index (χ3n) is 4.64. The van der Waals surface area contributed by atoms with E-state index in [4.69, 9.17) is 4.74 Å². The summed E-state index contributed by atoms with van der Waals surface area (Å²) in [6.07, 6.45) is 1.01. The summed E-state index contributed by atoms with van der Waals surface area (Å²) in [5.41, 5.74) is 2.50. The summed E-state index contributed by atoms with van der Waals surface area (Å²) in [6, 6.07) is 8.07. The van der Waals surface area contributed by atoms with E-state index in [0.29, 0.717) is 26.1 Å². The third kappa shape index (κ3) is 2.99. The quantitative estimate of drug-likeness (QED) is 0.836. The lowest BCUT2D eigenvalue weighted by Crippen LogP contribution is -2.38. The third-order valence-corrected chi connectivity index (χ3v) is 4.64. The maximum absolute atomic E-state index is 12.3. The molecule has 0 N–H and O–H groups in total. The topological polar surface area (TPSA) is 49.9 Å². The van der Waals surface area contributed by atoms with E-state index in [0.717, 1.165) is 6.42 Å². The molecule has 1 aromatic carbocycles. The highest BCUT2D eigenvalue weighted by atomic mass is 16.6. The summed E-state index contributed by atoms with van der Waals surface area (Å²) < 4.78 is 5.61. The second-order valence-electron chi connectivity index (χ2n) is 6.25. The van der Waals surface area contributed by atoms with Gasteiger partial charge in [-0.3, -0.25) is 9.69 Å². The molecule has 2 aliphatic heterocycles. The lowest BCUT2D eigenvalue weighted by Gasteiger charge is -2.29. The first-order valence-corrected chi connectivity index (χ1v) is 7.77. The van der Waals surface area contributed by atoms with E-state index in [-0.39, 0.29) is 24.0 Å². The minimum atomic E-state index is -0.267. The van der Waals surface area contributed by atoms with Gasteiger partial charge in [-0.2, -0.15) is 0 Å². The molecule has 0 bridgehead atoms. The number of ketones is 1. The monoisotopic (exact) mass is 302 g/mol. The van der Waals surface area contributed by atoms with Crippen LogP contribution in [0.1, 0.15) is 24.5 Å². The standard InChI is InChI=1S/C17H22N2O3/c1-12(20)16-9-15(11-18(16)2)22-17(21)19-8-7-13-5-3-4-6-14(13)10-19/h3-6,15-16H,7-11H2,1-2H3. The number of carbonyl (C=O) groups excluding carboxylic acids is 2. The number of hydrogen-bond acceptors (Lipinski definition) is 4. The fourth-order valence-corrected chi connectivity index (χ4v) is 3.38. The molecule has 22 heavy (non-hydrogen) atoms. The van der Waals surface area contributed by atoms with Gasteiger partial charge in [0.2, 0.25) is 0 Å². The van der Waals surface area contributed by atoms with Gasteiger partial charge >= 0.3 is 6.09 Å². The van der Waals surface area contributed by atoms with Gasteiger partial charge in [-0.05, 0) is 31.5 Å². The number of fused-ring (bicyclic) bond motifs is 1. The number of carbonyl (C=O) groups is 2. The van der Waals surface area contributed by atoms with Gasteiger partial charge in [0.15, 0.2) is 0 Å². The second-order valence-corrected chi connectivity index (χ2v) is 6.25. The predicted molar refractivity (Wildman–Crippen MR) is 82.5 cm³/mol. The summed E-state index contributed by atoms with van der Waals surface area (Å²) >= 11 is 0. The normalized spacial score (nSPS) is 24.9. The molecular weight excluding hydrogens is 280 g/mol. The molecule has 0 saturated carbocycles. The molecule has 3 rings (SSSR count). The van der Waals surface area contributed by atoms with Crippen molar-refractivity contribution < 1.29 is 14.3 Å². The van der Waals surface area contributed by atoms with E-state index < -0.39 is 0 Å². The molecule has 118 valence electrons. The number of likely N-dealkylation sites (tertiary alicyclic amines) is 1. The Morgan fingerprint density at radius 2 is 1.95 bits per heavy atom. The van der Waals surface area contributed by atoms with Crippen molar-refractivity contribution in [3.8, 4) is 0 Å². The smallest absolute Gasteiger partial charge is 0.410 e. The Morgan fingerprint density at radius 1 is 1.23 bits per heavy atom. The first-order chi connectivity index (χ1) is 10.5. The van der Waals surface area contributed by atoms with Crippen LogP contribution >= 0.6 is 0 Å². The largest absolute Gasteiger partial charge is 0.445 e. The van der Waals surface area contributed by atoms with E-state index in [1.54, 1.807) is 11.8 Å². The highest BCUT2D eigenvalue weighted by Crippen LogP contribution is 2.23. The first kappa shape index (κ1) is 15.0. The van der Waals surface area contributed by atoms with Crippen molar-refractivity contribution in [3.63, 3.8) is 0 Å². The van der Waals surface area contributed by atoms with E-state index in [2.05, 4.69) is 12.1 Å². The SMILES string of the molecule is CC(=O)C1CC(OC(=O)N2CCc3ccccc3C2)CN1C. The van der Waals surface area contributed by atoms with Gasteiger partial charge in [-0.25, -0.2) is 4.79 Å². The van der Waals surface area contributed by atoms with Gasteiger partial charge in [0.05, 0.1) is 6.04 Å². The van der Waals surface area contributed by atoms with Crippen LogP contribution < -0.4 is 0 Å². The number of ether oxygens (including phenoxy) is 1. The Labute approximate surface area is 130 Å². The number of rotatable bonds is 2. The average molecular weight is 302 g/mol. The van der Waals surface area contributed by atoms with E-state index >= 15 is 0 Å². The van der Waals surface area contributed by atoms with Crippen molar-refractivity contribution >= 4 is 11.9 Å². The van der Waals surface area contributed by atoms with Crippen molar-refractivity contribution in [1.29, 1.82) is 0 Å². The van der Waals surface area contributed by atoms with Gasteiger partial charge in [0, 0.05) is 26.1 Å². The zero-order chi connectivity index (χ0) is 15.7. The average Bonchev–Trinajstić information content (AvgIpc) is 2.87. The molecule has 1 amide bonds. The predicted octanol–water partition coefficient (Wildman–Crippen LogP) is 1.84. The van der Waals surface area contributed by atoms with Gasteiger partial charge in [0.1, 0.15) is 11.9 Å². The number of hydrogen-bond donors (Lipinski definition) is 0. The molecule has 1 fully saturated rings. The Hall–Kier alpha value is -1.88. The van der Waals surface area contributed by atoms with Crippen molar-refractivity contribution in [2.45, 2.75) is 38.5 Å². The van der Waals surface area contributed by atoms with Gasteiger partial charge in [-0.1, -0.05) is 24.3 Å². The maximum atomic E-state index is 12.3. The number of nitrogens with zero attached hydrogens (tertiary/aromatic N) is 2. The minimum absolute atomic E-state index is 0.125. The lowest BCUT2D eigenvalue weighted by atomic mass is 10.0. The van der Waals surface area contributed by atoms with Crippen molar-refractivity contribution in [2.24, 2.45) is 0 Å². The molecule has 0 spiro atoms. The maximum Gasteiger partial charge on any atom is 0.410 e. The van der Waals surface area contributed by atoms with Crippen LogP contribution in [0.25, 0.3) is 0 Å². The van der Waals surface area contributed by atoms with Crippen molar-refractivity contribution in [3.05, 3.63) is 35.4 Å². The molecule has 5 nitrogen and oxygen atoms in total. The second kappa shape index (κ2) is 6.08. The van der Waals surface area contributed by atoms with E-state index in [1.807, 2.05) is 24.1 Å². The number of amides is 1. The Morgan fingerprint density at radius 3 is 2.64 bits per heavy atom. The summed E-state index contributed by atoms with van der Waals surface area (Å²) in [5.74, 6) is 0.132. The highest BCUT2D eigenvalue weighted by Gasteiger charge is 2.35. The van der Waals surface area contributed by atoms with Crippen LogP contribution in [0, 0.1) is 0 Å². The van der Waals surface area contributed by atoms with Crippen LogP contribution in [-0.2, 0) is 22.5 Å². The molecule has 1 aromatic rings. The summed E-state index contributed by atoms with van der Waals surface area (Å²) in [4.78, 5) is 27.6. The van der Waals surface area contributed by atoms with Crippen LogP contribution in [0.4, 0.5) is 4.79 Å². The highest BCUT2D eigenvalue weighted by molar-refractivity contribution is 5.81. The molecule has 2 unspecified atom stereocenters. The molecule has 0 aromatic heterocycles.